The zero-order valence-electron chi connectivity index (χ0n) is 16.1. The molecule has 0 fully saturated rings. The van der Waals surface area contributed by atoms with Gasteiger partial charge < -0.3 is 0 Å². The Morgan fingerprint density at radius 3 is 2.33 bits per heavy atom. The van der Waals surface area contributed by atoms with Crippen molar-refractivity contribution in [1.82, 2.24) is 14.5 Å². The van der Waals surface area contributed by atoms with E-state index in [1.54, 1.807) is 24.3 Å². The van der Waals surface area contributed by atoms with E-state index in [0.717, 1.165) is 0 Å². The number of nitrogens with zero attached hydrogens (tertiary/aromatic N) is 3. The summed E-state index contributed by atoms with van der Waals surface area (Å²) in [5, 5.41) is 16.9. The lowest BCUT2D eigenvalue weighted by Gasteiger charge is -2.11. The summed E-state index contributed by atoms with van der Waals surface area (Å²) in [6.45, 7) is 3.74. The summed E-state index contributed by atoms with van der Waals surface area (Å²) >= 11 is 5.78. The Morgan fingerprint density at radius 1 is 1.13 bits per heavy atom. The number of carbonyl (C=O) groups excluding carboxylic acids is 1. The highest BCUT2D eigenvalue weighted by Gasteiger charge is 2.24. The summed E-state index contributed by atoms with van der Waals surface area (Å²) < 4.78 is 28.3. The maximum absolute atomic E-state index is 12.5. The quantitative estimate of drug-likeness (QED) is 0.617. The molecule has 2 N–H and O–H groups in total. The van der Waals surface area contributed by atoms with E-state index >= 15 is 0 Å². The molecule has 0 aliphatic heterocycles. The number of anilines is 1. The predicted octanol–water partition coefficient (Wildman–Crippen LogP) is 4.03. The van der Waals surface area contributed by atoms with Gasteiger partial charge in [0.1, 0.15) is 11.6 Å². The Hall–Kier alpha value is -3.35. The Labute approximate surface area is 179 Å². The molecule has 1 heterocycles. The molecule has 2 aromatic carbocycles. The lowest BCUT2D eigenvalue weighted by Crippen LogP contribution is -2.35. The predicted molar refractivity (Wildman–Crippen MR) is 113 cm³/mol. The first-order valence-electron chi connectivity index (χ1n) is 8.90. The van der Waals surface area contributed by atoms with Gasteiger partial charge in [0.05, 0.1) is 16.3 Å². The molecule has 0 radical (unpaired) electrons. The van der Waals surface area contributed by atoms with Crippen molar-refractivity contribution in [3.63, 3.8) is 0 Å². The van der Waals surface area contributed by atoms with Crippen LogP contribution in [0, 0.1) is 11.3 Å². The van der Waals surface area contributed by atoms with Crippen LogP contribution >= 0.6 is 11.6 Å². The average Bonchev–Trinajstić information content (AvgIpc) is 3.07. The van der Waals surface area contributed by atoms with Gasteiger partial charge >= 0.3 is 6.03 Å². The maximum atomic E-state index is 12.5. The number of hydrogen-bond donors (Lipinski definition) is 2. The zero-order valence-corrected chi connectivity index (χ0v) is 17.7. The fourth-order valence-electron chi connectivity index (χ4n) is 2.75. The Kier molecular flexibility index (Phi) is 6.10. The van der Waals surface area contributed by atoms with Crippen molar-refractivity contribution in [3.8, 4) is 11.8 Å². The van der Waals surface area contributed by atoms with E-state index in [1.807, 2.05) is 24.6 Å². The van der Waals surface area contributed by atoms with Gasteiger partial charge in [-0.05, 0) is 42.3 Å². The molecule has 3 aromatic rings. The second kappa shape index (κ2) is 8.57. The molecular weight excluding hydrogens is 426 g/mol. The maximum Gasteiger partial charge on any atom is 0.334 e. The molecule has 154 valence electrons. The minimum Gasteiger partial charge on any atom is -0.290 e. The normalized spacial score (nSPS) is 11.2. The molecule has 0 saturated carbocycles. The van der Waals surface area contributed by atoms with Crippen molar-refractivity contribution in [3.05, 3.63) is 70.9 Å². The minimum atomic E-state index is -4.14. The Balaban J connectivity index is 1.96. The summed E-state index contributed by atoms with van der Waals surface area (Å²) in [6, 6.07) is 15.3. The third-order valence-electron chi connectivity index (χ3n) is 4.15. The van der Waals surface area contributed by atoms with Gasteiger partial charge in [-0.1, -0.05) is 43.6 Å². The van der Waals surface area contributed by atoms with Gasteiger partial charge in [-0.2, -0.15) is 10.4 Å². The Bertz CT molecular complexity index is 1210. The highest BCUT2D eigenvalue weighted by Crippen LogP contribution is 2.28. The van der Waals surface area contributed by atoms with Crippen LogP contribution in [0.3, 0.4) is 0 Å². The van der Waals surface area contributed by atoms with Crippen LogP contribution in [-0.4, -0.2) is 24.2 Å². The highest BCUT2D eigenvalue weighted by atomic mass is 35.5. The second-order valence-electron chi connectivity index (χ2n) is 6.64. The number of rotatable bonds is 5. The van der Waals surface area contributed by atoms with Crippen molar-refractivity contribution in [2.75, 3.05) is 5.32 Å². The van der Waals surface area contributed by atoms with Gasteiger partial charge in [-0.15, -0.1) is 0 Å². The van der Waals surface area contributed by atoms with E-state index in [1.165, 1.54) is 28.9 Å². The number of hydrogen-bond acceptors (Lipinski definition) is 5. The number of sulfonamides is 1. The molecule has 0 saturated heterocycles. The number of urea groups is 1. The topological polar surface area (TPSA) is 117 Å². The molecule has 0 atom stereocenters. The average molecular weight is 444 g/mol. The minimum absolute atomic E-state index is 0.0798. The summed E-state index contributed by atoms with van der Waals surface area (Å²) in [4.78, 5) is 12.4. The Morgan fingerprint density at radius 2 is 1.77 bits per heavy atom. The van der Waals surface area contributed by atoms with E-state index in [4.69, 9.17) is 11.6 Å². The number of para-hydroxylation sites is 1. The van der Waals surface area contributed by atoms with Crippen molar-refractivity contribution in [2.24, 2.45) is 0 Å². The fourth-order valence-corrected chi connectivity index (χ4v) is 3.78. The second-order valence-corrected chi connectivity index (χ2v) is 8.76. The van der Waals surface area contributed by atoms with E-state index in [-0.39, 0.29) is 22.2 Å². The van der Waals surface area contributed by atoms with E-state index in [0.29, 0.717) is 16.4 Å². The lowest BCUT2D eigenvalue weighted by atomic mass is 10.1. The van der Waals surface area contributed by atoms with Crippen molar-refractivity contribution in [2.45, 2.75) is 24.7 Å². The van der Waals surface area contributed by atoms with Crippen LogP contribution in [0.1, 0.15) is 31.0 Å². The zero-order chi connectivity index (χ0) is 21.9. The van der Waals surface area contributed by atoms with Crippen LogP contribution in [0.2, 0.25) is 5.02 Å². The summed E-state index contributed by atoms with van der Waals surface area (Å²) in [6.07, 6.45) is 0. The lowest BCUT2D eigenvalue weighted by molar-refractivity contribution is 0.256. The molecule has 3 rings (SSSR count). The van der Waals surface area contributed by atoms with E-state index in [9.17, 15) is 18.5 Å². The van der Waals surface area contributed by atoms with Gasteiger partial charge in [0.15, 0.2) is 5.82 Å². The third kappa shape index (κ3) is 4.45. The van der Waals surface area contributed by atoms with Crippen LogP contribution in [0.5, 0.6) is 0 Å². The molecule has 1 aromatic heterocycles. The highest BCUT2D eigenvalue weighted by molar-refractivity contribution is 7.90. The van der Waals surface area contributed by atoms with Crippen molar-refractivity contribution < 1.29 is 13.2 Å². The number of nitriles is 1. The molecule has 2 amide bonds. The standard InChI is InChI=1S/C20H18ClN5O3S/c1-13(2)18-17(12-22)19(26(24-18)15-6-4-3-5-7-15)23-20(27)25-30(28,29)16-10-8-14(21)9-11-16/h3-11,13H,1-2H3,(H2,23,25,27). The van der Waals surface area contributed by atoms with E-state index in [2.05, 4.69) is 16.5 Å². The van der Waals surface area contributed by atoms with Gasteiger partial charge in [0.25, 0.3) is 10.0 Å². The third-order valence-corrected chi connectivity index (χ3v) is 5.75. The van der Waals surface area contributed by atoms with Crippen molar-refractivity contribution in [1.29, 1.82) is 5.26 Å². The number of carbonyl (C=O) groups is 1. The number of nitrogens with one attached hydrogen (secondary N) is 2. The number of aromatic nitrogens is 2. The number of halogens is 1. The first kappa shape index (κ1) is 21.4. The largest absolute Gasteiger partial charge is 0.334 e. The summed E-state index contributed by atoms with van der Waals surface area (Å²) in [5.41, 5.74) is 1.25. The first-order valence-corrected chi connectivity index (χ1v) is 10.8. The monoisotopic (exact) mass is 443 g/mol. The van der Waals surface area contributed by atoms with Crippen LogP contribution in [0.4, 0.5) is 10.6 Å². The molecule has 8 nitrogen and oxygen atoms in total. The molecule has 0 spiro atoms. The molecule has 0 unspecified atom stereocenters. The molecule has 0 aliphatic carbocycles. The van der Waals surface area contributed by atoms with Crippen LogP contribution < -0.4 is 10.0 Å². The van der Waals surface area contributed by atoms with Crippen LogP contribution in [0.15, 0.2) is 59.5 Å². The van der Waals surface area contributed by atoms with Crippen molar-refractivity contribution >= 4 is 33.5 Å². The van der Waals surface area contributed by atoms with Gasteiger partial charge in [0.2, 0.25) is 0 Å². The molecule has 10 heteroatoms. The smallest absolute Gasteiger partial charge is 0.290 e. The van der Waals surface area contributed by atoms with Gasteiger partial charge in [0, 0.05) is 5.02 Å². The summed E-state index contributed by atoms with van der Waals surface area (Å²) in [5.74, 6) is -0.0118. The van der Waals surface area contributed by atoms with Gasteiger partial charge in [-0.3, -0.25) is 5.32 Å². The number of benzene rings is 2. The van der Waals surface area contributed by atoms with E-state index < -0.39 is 16.1 Å². The summed E-state index contributed by atoms with van der Waals surface area (Å²) in [7, 11) is -4.14. The first-order chi connectivity index (χ1) is 14.2. The molecule has 0 aliphatic rings. The number of amides is 2. The molecule has 30 heavy (non-hydrogen) atoms. The van der Waals surface area contributed by atoms with Gasteiger partial charge in [-0.25, -0.2) is 22.6 Å². The van der Waals surface area contributed by atoms with Crippen LogP contribution in [0.25, 0.3) is 5.69 Å². The molecule has 0 bridgehead atoms. The van der Waals surface area contributed by atoms with Crippen LogP contribution in [-0.2, 0) is 10.0 Å². The SMILES string of the molecule is CC(C)c1nn(-c2ccccc2)c(NC(=O)NS(=O)(=O)c2ccc(Cl)cc2)c1C#N. The fraction of sp³-hybridized carbons (Fsp3) is 0.150. The molecular formula is C20H18ClN5O3S.